The van der Waals surface area contributed by atoms with Gasteiger partial charge < -0.3 is 0 Å². The minimum atomic E-state index is 1.17. The molecule has 0 saturated carbocycles. The molecule has 0 spiro atoms. The molecule has 0 nitrogen and oxygen atoms in total. The minimum absolute atomic E-state index is 1.17. The van der Waals surface area contributed by atoms with Gasteiger partial charge in [-0.05, 0) is 10.8 Å². The summed E-state index contributed by atoms with van der Waals surface area (Å²) >= 11 is 0. The number of hydrogen-bond donors (Lipinski definition) is 0. The molecule has 22 heavy (non-hydrogen) atoms. The Labute approximate surface area is 132 Å². The van der Waals surface area contributed by atoms with Crippen LogP contribution in [0, 0.1) is 0 Å². The van der Waals surface area contributed by atoms with Gasteiger partial charge in [0.25, 0.3) is 0 Å². The van der Waals surface area contributed by atoms with E-state index >= 15 is 0 Å². The van der Waals surface area contributed by atoms with Gasteiger partial charge in [0, 0.05) is 0 Å². The van der Waals surface area contributed by atoms with Crippen LogP contribution in [-0.4, -0.2) is 0 Å². The van der Waals surface area contributed by atoms with Gasteiger partial charge in [-0.25, -0.2) is 0 Å². The van der Waals surface area contributed by atoms with Gasteiger partial charge in [-0.2, -0.15) is 0 Å². The van der Waals surface area contributed by atoms with E-state index in [2.05, 4.69) is 48.5 Å². The van der Waals surface area contributed by atoms with E-state index in [4.69, 9.17) is 0 Å². The Morgan fingerprint density at radius 1 is 0.227 bits per heavy atom. The third-order valence-electron chi connectivity index (χ3n) is 2.99. The molecule has 0 heterocycles. The number of rotatable bonds is 0. The largest absolute Gasteiger partial charge is 0.0623 e. The van der Waals surface area contributed by atoms with E-state index in [1.165, 1.54) is 10.8 Å². The third-order valence-corrected chi connectivity index (χ3v) is 2.99. The lowest BCUT2D eigenvalue weighted by Gasteiger charge is -1.87. The van der Waals surface area contributed by atoms with Crippen LogP contribution in [0.2, 0.25) is 0 Å². The number of fused-ring (bicyclic) bond motifs is 1. The first-order chi connectivity index (χ1) is 11.0. The molecule has 0 radical (unpaired) electrons. The molecule has 0 aliphatic heterocycles. The zero-order chi connectivity index (χ0) is 15.3. The van der Waals surface area contributed by atoms with Crippen LogP contribution in [-0.2, 0) is 0 Å². The topological polar surface area (TPSA) is 0 Å². The fraction of sp³-hybridized carbons (Fsp3) is 0. The van der Waals surface area contributed by atoms with E-state index in [0.717, 1.165) is 0 Å². The Bertz CT molecular complexity index is 692. The van der Waals surface area contributed by atoms with Gasteiger partial charge in [0.05, 0.1) is 0 Å². The highest BCUT2D eigenvalue weighted by atomic mass is 13.9. The Morgan fingerprint density at radius 3 is 0.636 bits per heavy atom. The normalized spacial score (nSPS) is 8.91. The van der Waals surface area contributed by atoms with Crippen molar-refractivity contribution in [2.45, 2.75) is 0 Å². The first-order valence-corrected chi connectivity index (χ1v) is 7.40. The van der Waals surface area contributed by atoms with Crippen molar-refractivity contribution < 1.29 is 0 Å². The zero-order valence-electron chi connectivity index (χ0n) is 12.5. The fourth-order valence-electron chi connectivity index (χ4n) is 1.90. The molecule has 0 saturated heterocycles. The quantitative estimate of drug-likeness (QED) is 0.539. The molecule has 2 rings (SSSR count). The second kappa shape index (κ2) is 9.95. The SMILES string of the molecule is c1ccccccc2ccccccccc2ccccc1. The van der Waals surface area contributed by atoms with E-state index in [1.54, 1.807) is 0 Å². The van der Waals surface area contributed by atoms with Gasteiger partial charge in [-0.15, -0.1) is 0 Å². The van der Waals surface area contributed by atoms with Crippen LogP contribution in [0.3, 0.4) is 0 Å². The standard InChI is InChI=1S/C22H20/c1-2-4-6-10-14-18-22-20-16-12-8-7-11-15-19-21(22)17-13-9-5-3-1/h1-20H. The predicted octanol–water partition coefficient (Wildman–Crippen LogP) is 6.21. The lowest BCUT2D eigenvalue weighted by Crippen LogP contribution is -1.62. The van der Waals surface area contributed by atoms with Gasteiger partial charge in [-0.3, -0.25) is 0 Å². The van der Waals surface area contributed by atoms with E-state index < -0.39 is 0 Å². The van der Waals surface area contributed by atoms with Gasteiger partial charge in [0.2, 0.25) is 0 Å². The Kier molecular flexibility index (Phi) is 7.02. The summed E-state index contributed by atoms with van der Waals surface area (Å²) in [7, 11) is 0. The second-order valence-electron chi connectivity index (χ2n) is 4.66. The molecule has 2 aromatic carbocycles. The van der Waals surface area contributed by atoms with Crippen LogP contribution in [0.25, 0.3) is 10.8 Å². The molecule has 0 N–H and O–H groups in total. The van der Waals surface area contributed by atoms with Crippen LogP contribution in [0.5, 0.6) is 0 Å². The highest BCUT2D eigenvalue weighted by Crippen LogP contribution is 2.06. The van der Waals surface area contributed by atoms with E-state index in [1.807, 2.05) is 72.8 Å². The maximum Gasteiger partial charge on any atom is -0.0184 e. The molecule has 2 aromatic rings. The highest BCUT2D eigenvalue weighted by Gasteiger charge is 1.80. The van der Waals surface area contributed by atoms with Crippen LogP contribution in [0.1, 0.15) is 0 Å². The summed E-state index contributed by atoms with van der Waals surface area (Å²) < 4.78 is 0. The Balaban J connectivity index is 2.77. The summed E-state index contributed by atoms with van der Waals surface area (Å²) in [6.07, 6.45) is 0. The van der Waals surface area contributed by atoms with Crippen molar-refractivity contribution in [1.29, 1.82) is 0 Å². The molecular weight excluding hydrogens is 264 g/mol. The molecule has 0 amide bonds. The summed E-state index contributed by atoms with van der Waals surface area (Å²) in [5.74, 6) is 0. The van der Waals surface area contributed by atoms with Crippen LogP contribution < -0.4 is 0 Å². The third kappa shape index (κ3) is 6.06. The van der Waals surface area contributed by atoms with Gasteiger partial charge in [0.1, 0.15) is 0 Å². The van der Waals surface area contributed by atoms with Crippen molar-refractivity contribution in [2.24, 2.45) is 0 Å². The zero-order valence-corrected chi connectivity index (χ0v) is 12.5. The molecule has 108 valence electrons. The first kappa shape index (κ1) is 15.5. The van der Waals surface area contributed by atoms with Crippen LogP contribution in [0.4, 0.5) is 0 Å². The van der Waals surface area contributed by atoms with Crippen molar-refractivity contribution in [3.63, 3.8) is 0 Å². The van der Waals surface area contributed by atoms with Crippen molar-refractivity contribution in [3.05, 3.63) is 121 Å². The molecule has 0 aromatic heterocycles. The van der Waals surface area contributed by atoms with E-state index in [9.17, 15) is 0 Å². The van der Waals surface area contributed by atoms with E-state index in [0.29, 0.717) is 0 Å². The first-order valence-electron chi connectivity index (χ1n) is 7.40. The smallest absolute Gasteiger partial charge is 0.0184 e. The Hall–Kier alpha value is -2.86. The molecule has 0 aliphatic carbocycles. The van der Waals surface area contributed by atoms with Crippen LogP contribution >= 0.6 is 0 Å². The van der Waals surface area contributed by atoms with Crippen molar-refractivity contribution in [3.8, 4) is 0 Å². The summed E-state index contributed by atoms with van der Waals surface area (Å²) in [5.41, 5.74) is 0. The van der Waals surface area contributed by atoms with Gasteiger partial charge >= 0.3 is 0 Å². The lowest BCUT2D eigenvalue weighted by atomic mass is 10.2. The molecule has 0 heteroatoms. The molecule has 0 bridgehead atoms. The van der Waals surface area contributed by atoms with Gasteiger partial charge in [0.15, 0.2) is 0 Å². The van der Waals surface area contributed by atoms with E-state index in [-0.39, 0.29) is 0 Å². The summed E-state index contributed by atoms with van der Waals surface area (Å²) in [6.45, 7) is 0. The second-order valence-corrected chi connectivity index (χ2v) is 4.66. The Morgan fingerprint density at radius 2 is 0.409 bits per heavy atom. The van der Waals surface area contributed by atoms with Crippen molar-refractivity contribution in [1.82, 2.24) is 0 Å². The fourth-order valence-corrected chi connectivity index (χ4v) is 1.90. The predicted molar refractivity (Wildman–Crippen MR) is 96.8 cm³/mol. The number of hydrogen-bond acceptors (Lipinski definition) is 0. The summed E-state index contributed by atoms with van der Waals surface area (Å²) in [4.78, 5) is 0. The summed E-state index contributed by atoms with van der Waals surface area (Å²) in [5, 5.41) is 2.34. The maximum absolute atomic E-state index is 2.12. The minimum Gasteiger partial charge on any atom is -0.0623 e. The molecule has 0 aliphatic rings. The molecule has 0 unspecified atom stereocenters. The molecule has 0 fully saturated rings. The average molecular weight is 284 g/mol. The van der Waals surface area contributed by atoms with Crippen molar-refractivity contribution >= 4 is 10.8 Å². The van der Waals surface area contributed by atoms with Crippen LogP contribution in [0.15, 0.2) is 121 Å². The monoisotopic (exact) mass is 284 g/mol. The lowest BCUT2D eigenvalue weighted by molar-refractivity contribution is 1.73. The summed E-state index contributed by atoms with van der Waals surface area (Å²) in [6, 6.07) is 41.0. The molecular formula is C22H20. The molecule has 0 atom stereocenters. The highest BCUT2D eigenvalue weighted by molar-refractivity contribution is 5.79. The average Bonchev–Trinajstić information content (AvgIpc) is 2.54. The maximum atomic E-state index is 2.12. The van der Waals surface area contributed by atoms with Crippen molar-refractivity contribution in [2.75, 3.05) is 0 Å². The van der Waals surface area contributed by atoms with Gasteiger partial charge in [-0.1, -0.05) is 121 Å².